The Kier molecular flexibility index (Phi) is 8.96. The topological polar surface area (TPSA) is 102 Å². The summed E-state index contributed by atoms with van der Waals surface area (Å²) < 4.78 is 1.96. The van der Waals surface area contributed by atoms with Crippen molar-refractivity contribution in [1.82, 2.24) is 25.1 Å². The number of aryl methyl sites for hydroxylation is 2. The van der Waals surface area contributed by atoms with Crippen LogP contribution in [0.4, 0.5) is 5.13 Å². The van der Waals surface area contributed by atoms with Gasteiger partial charge in [0.2, 0.25) is 5.91 Å². The van der Waals surface area contributed by atoms with Crippen molar-refractivity contribution in [2.24, 2.45) is 5.92 Å². The zero-order valence-electron chi connectivity index (χ0n) is 22.2. The number of carbonyl (C=O) groups excluding carboxylic acids is 2. The van der Waals surface area contributed by atoms with E-state index in [1.807, 2.05) is 87.7 Å². The lowest BCUT2D eigenvalue weighted by atomic mass is 10.0. The van der Waals surface area contributed by atoms with E-state index in [4.69, 9.17) is 0 Å². The van der Waals surface area contributed by atoms with Gasteiger partial charge in [-0.05, 0) is 38.8 Å². The van der Waals surface area contributed by atoms with Crippen molar-refractivity contribution in [3.8, 4) is 11.3 Å². The fraction of sp³-hybridized carbons (Fsp3) is 0.321. The van der Waals surface area contributed by atoms with E-state index < -0.39 is 0 Å². The highest BCUT2D eigenvalue weighted by Crippen LogP contribution is 2.31. The minimum atomic E-state index is -0.326. The average molecular weight is 549 g/mol. The predicted molar refractivity (Wildman–Crippen MR) is 154 cm³/mol. The van der Waals surface area contributed by atoms with Crippen LogP contribution in [-0.2, 0) is 11.3 Å². The van der Waals surface area contributed by atoms with Crippen molar-refractivity contribution in [1.29, 1.82) is 0 Å². The maximum absolute atomic E-state index is 13.0. The molecule has 2 heterocycles. The first-order valence-corrected chi connectivity index (χ1v) is 14.3. The third-order valence-electron chi connectivity index (χ3n) is 6.00. The number of aromatic nitrogens is 4. The Balaban J connectivity index is 1.43. The molecular formula is C28H32N6O2S2. The van der Waals surface area contributed by atoms with Gasteiger partial charge in [-0.3, -0.25) is 9.59 Å². The van der Waals surface area contributed by atoms with Crippen LogP contribution in [0.2, 0.25) is 0 Å². The molecule has 38 heavy (non-hydrogen) atoms. The maximum atomic E-state index is 13.0. The van der Waals surface area contributed by atoms with Gasteiger partial charge >= 0.3 is 0 Å². The highest BCUT2D eigenvalue weighted by Gasteiger charge is 2.26. The Bertz CT molecular complexity index is 1410. The number of carbonyl (C=O) groups is 2. The molecular weight excluding hydrogens is 516 g/mol. The maximum Gasteiger partial charge on any atom is 0.251 e. The van der Waals surface area contributed by atoms with Gasteiger partial charge in [0, 0.05) is 22.5 Å². The lowest BCUT2D eigenvalue weighted by Crippen LogP contribution is -2.33. The van der Waals surface area contributed by atoms with E-state index in [0.717, 1.165) is 21.7 Å². The molecule has 2 N–H and O–H groups in total. The summed E-state index contributed by atoms with van der Waals surface area (Å²) in [6.45, 7) is 10.6. The van der Waals surface area contributed by atoms with Crippen LogP contribution in [-0.4, -0.2) is 37.3 Å². The van der Waals surface area contributed by atoms with Crippen LogP contribution in [0.1, 0.15) is 53.4 Å². The second-order valence-corrected chi connectivity index (χ2v) is 11.4. The first-order chi connectivity index (χ1) is 18.3. The van der Waals surface area contributed by atoms with Gasteiger partial charge < -0.3 is 15.2 Å². The van der Waals surface area contributed by atoms with E-state index in [-0.39, 0.29) is 29.5 Å². The number of hydrogen-bond donors (Lipinski definition) is 2. The summed E-state index contributed by atoms with van der Waals surface area (Å²) in [5, 5.41) is 16.0. The molecule has 198 valence electrons. The molecule has 2 aromatic heterocycles. The summed E-state index contributed by atoms with van der Waals surface area (Å²) in [7, 11) is 0. The fourth-order valence-corrected chi connectivity index (χ4v) is 5.73. The number of amides is 2. The molecule has 1 atom stereocenters. The third-order valence-corrected chi connectivity index (χ3v) is 7.85. The van der Waals surface area contributed by atoms with Crippen molar-refractivity contribution in [2.75, 3.05) is 11.1 Å². The van der Waals surface area contributed by atoms with Gasteiger partial charge in [-0.25, -0.2) is 4.98 Å². The van der Waals surface area contributed by atoms with Crippen molar-refractivity contribution in [3.63, 3.8) is 0 Å². The molecule has 0 unspecified atom stereocenters. The summed E-state index contributed by atoms with van der Waals surface area (Å²) in [5.74, 6) is 0.615. The zero-order chi connectivity index (χ0) is 27.2. The van der Waals surface area contributed by atoms with E-state index in [1.54, 1.807) is 6.07 Å². The van der Waals surface area contributed by atoms with Crippen LogP contribution in [0.5, 0.6) is 0 Å². The minimum Gasteiger partial charge on any atom is -0.342 e. The Morgan fingerprint density at radius 1 is 1.05 bits per heavy atom. The smallest absolute Gasteiger partial charge is 0.251 e. The SMILES string of the molecule is CCn1c(SCC(=O)Nc2nc(-c3ccccc3)c(C)s2)nnc1[C@H](NC(=O)c1cccc(C)c1)C(C)C. The normalized spacial score (nSPS) is 11.9. The highest BCUT2D eigenvalue weighted by molar-refractivity contribution is 7.99. The highest BCUT2D eigenvalue weighted by atomic mass is 32.2. The Morgan fingerprint density at radius 2 is 1.82 bits per heavy atom. The number of thioether (sulfide) groups is 1. The largest absolute Gasteiger partial charge is 0.342 e. The standard InChI is InChI=1S/C28H32N6O2S2/c1-6-34-25(23(17(2)3)30-26(36)21-14-10-11-18(4)15-21)32-33-28(34)37-16-22(35)29-27-31-24(19(5)38-27)20-12-8-7-9-13-20/h7-15,17,23H,6,16H2,1-5H3,(H,30,36)(H,29,31,35)/t23-/m1/s1. The van der Waals surface area contributed by atoms with Crippen molar-refractivity contribution < 1.29 is 9.59 Å². The van der Waals surface area contributed by atoms with Crippen LogP contribution in [0.3, 0.4) is 0 Å². The number of hydrogen-bond acceptors (Lipinski definition) is 7. The molecule has 0 radical (unpaired) electrons. The van der Waals surface area contributed by atoms with Gasteiger partial charge in [0.05, 0.1) is 17.5 Å². The second-order valence-electron chi connectivity index (χ2n) is 9.28. The molecule has 0 aliphatic heterocycles. The number of nitrogens with zero attached hydrogens (tertiary/aromatic N) is 4. The van der Waals surface area contributed by atoms with Gasteiger partial charge in [-0.1, -0.05) is 73.6 Å². The van der Waals surface area contributed by atoms with Crippen LogP contribution in [0.25, 0.3) is 11.3 Å². The summed E-state index contributed by atoms with van der Waals surface area (Å²) >= 11 is 2.77. The molecule has 0 saturated carbocycles. The van der Waals surface area contributed by atoms with Crippen molar-refractivity contribution >= 4 is 40.0 Å². The number of benzene rings is 2. The molecule has 0 aliphatic carbocycles. The molecule has 2 amide bonds. The van der Waals surface area contributed by atoms with Gasteiger partial charge in [-0.15, -0.1) is 21.5 Å². The Morgan fingerprint density at radius 3 is 2.50 bits per heavy atom. The number of anilines is 1. The number of thiazole rings is 1. The number of nitrogens with one attached hydrogen (secondary N) is 2. The van der Waals surface area contributed by atoms with Gasteiger partial charge in [-0.2, -0.15) is 0 Å². The molecule has 8 nitrogen and oxygen atoms in total. The fourth-order valence-electron chi connectivity index (χ4n) is 4.07. The van der Waals surface area contributed by atoms with Crippen LogP contribution in [0, 0.1) is 19.8 Å². The van der Waals surface area contributed by atoms with E-state index in [1.165, 1.54) is 23.1 Å². The molecule has 4 rings (SSSR count). The number of rotatable bonds is 10. The molecule has 2 aromatic carbocycles. The molecule has 4 aromatic rings. The quantitative estimate of drug-likeness (QED) is 0.239. The van der Waals surface area contributed by atoms with E-state index in [2.05, 4.69) is 25.8 Å². The minimum absolute atomic E-state index is 0.0892. The van der Waals surface area contributed by atoms with Crippen LogP contribution >= 0.6 is 23.1 Å². The molecule has 0 saturated heterocycles. The summed E-state index contributed by atoms with van der Waals surface area (Å²) in [6, 6.07) is 17.1. The van der Waals surface area contributed by atoms with Crippen molar-refractivity contribution in [2.45, 2.75) is 52.4 Å². The van der Waals surface area contributed by atoms with Gasteiger partial charge in [0.25, 0.3) is 5.91 Å². The first-order valence-electron chi connectivity index (χ1n) is 12.5. The summed E-state index contributed by atoms with van der Waals surface area (Å²) in [5.41, 5.74) is 3.53. The lowest BCUT2D eigenvalue weighted by Gasteiger charge is -2.22. The Labute approximate surface area is 231 Å². The molecule has 0 fully saturated rings. The molecule has 0 aliphatic rings. The molecule has 0 spiro atoms. The monoisotopic (exact) mass is 548 g/mol. The van der Waals surface area contributed by atoms with Gasteiger partial charge in [0.15, 0.2) is 16.1 Å². The molecule has 0 bridgehead atoms. The van der Waals surface area contributed by atoms with E-state index in [0.29, 0.717) is 28.2 Å². The first kappa shape index (κ1) is 27.5. The third kappa shape index (κ3) is 6.49. The molecule has 10 heteroatoms. The second kappa shape index (κ2) is 12.4. The predicted octanol–water partition coefficient (Wildman–Crippen LogP) is 5.90. The average Bonchev–Trinajstić information content (AvgIpc) is 3.48. The lowest BCUT2D eigenvalue weighted by molar-refractivity contribution is -0.113. The van der Waals surface area contributed by atoms with Crippen LogP contribution < -0.4 is 10.6 Å². The Hall–Kier alpha value is -3.50. The van der Waals surface area contributed by atoms with E-state index in [9.17, 15) is 9.59 Å². The van der Waals surface area contributed by atoms with Gasteiger partial charge in [0.1, 0.15) is 0 Å². The zero-order valence-corrected chi connectivity index (χ0v) is 23.8. The van der Waals surface area contributed by atoms with Crippen LogP contribution in [0.15, 0.2) is 59.8 Å². The van der Waals surface area contributed by atoms with E-state index >= 15 is 0 Å². The summed E-state index contributed by atoms with van der Waals surface area (Å²) in [6.07, 6.45) is 0. The van der Waals surface area contributed by atoms with Crippen molar-refractivity contribution in [3.05, 3.63) is 76.4 Å². The summed E-state index contributed by atoms with van der Waals surface area (Å²) in [4.78, 5) is 31.4.